The number of carboxylic acids is 1. The minimum atomic E-state index is -1.12. The second-order valence-electron chi connectivity index (χ2n) is 1.93. The number of carbonyl (C=O) groups is 1. The zero-order chi connectivity index (χ0) is 8.43. The predicted molar refractivity (Wildman–Crippen MR) is 46.0 cm³/mol. The van der Waals surface area contributed by atoms with Crippen LogP contribution in [0.3, 0.4) is 0 Å². The molecule has 0 aliphatic rings. The first kappa shape index (κ1) is 11.1. The van der Waals surface area contributed by atoms with Crippen LogP contribution in [-0.4, -0.2) is 21.0 Å². The van der Waals surface area contributed by atoms with Gasteiger partial charge in [0.05, 0.1) is 0 Å². The lowest BCUT2D eigenvalue weighted by molar-refractivity contribution is 0.0696. The summed E-state index contributed by atoms with van der Waals surface area (Å²) in [5.41, 5.74) is -0.0720. The first-order chi connectivity index (χ1) is 5.11. The molecular formula is C6H6Cl2N2O2. The molecule has 1 aromatic rings. The zero-order valence-electron chi connectivity index (χ0n) is 6.11. The molecule has 0 atom stereocenters. The monoisotopic (exact) mass is 208 g/mol. The Morgan fingerprint density at radius 3 is 2.67 bits per heavy atom. The van der Waals surface area contributed by atoms with Crippen LogP contribution in [0.2, 0.25) is 5.15 Å². The van der Waals surface area contributed by atoms with Crippen molar-refractivity contribution in [2.75, 3.05) is 0 Å². The minimum Gasteiger partial charge on any atom is -0.478 e. The van der Waals surface area contributed by atoms with Crippen LogP contribution in [0.5, 0.6) is 0 Å². The highest BCUT2D eigenvalue weighted by atomic mass is 35.5. The van der Waals surface area contributed by atoms with Gasteiger partial charge in [-0.3, -0.25) is 0 Å². The number of carboxylic acid groups (broad SMARTS) is 1. The summed E-state index contributed by atoms with van der Waals surface area (Å²) in [6, 6.07) is 0. The lowest BCUT2D eigenvalue weighted by atomic mass is 10.3. The molecule has 0 aliphatic heterocycles. The van der Waals surface area contributed by atoms with Crippen LogP contribution in [0, 0.1) is 6.92 Å². The van der Waals surface area contributed by atoms with E-state index in [-0.39, 0.29) is 23.1 Å². The molecule has 0 amide bonds. The van der Waals surface area contributed by atoms with Crippen molar-refractivity contribution in [1.29, 1.82) is 0 Å². The van der Waals surface area contributed by atoms with E-state index in [1.165, 1.54) is 6.20 Å². The van der Waals surface area contributed by atoms with Crippen LogP contribution in [0.25, 0.3) is 0 Å². The predicted octanol–water partition coefficient (Wildman–Crippen LogP) is 1.56. The van der Waals surface area contributed by atoms with Gasteiger partial charge in [0.15, 0.2) is 0 Å². The number of nitrogens with zero attached hydrogens (tertiary/aromatic N) is 2. The molecule has 0 fully saturated rings. The van der Waals surface area contributed by atoms with Gasteiger partial charge in [-0.1, -0.05) is 11.6 Å². The van der Waals surface area contributed by atoms with E-state index in [4.69, 9.17) is 16.7 Å². The van der Waals surface area contributed by atoms with E-state index in [0.29, 0.717) is 5.82 Å². The fraction of sp³-hybridized carbons (Fsp3) is 0.167. The van der Waals surface area contributed by atoms with Crippen molar-refractivity contribution in [1.82, 2.24) is 9.97 Å². The van der Waals surface area contributed by atoms with E-state index < -0.39 is 5.97 Å². The van der Waals surface area contributed by atoms with Crippen LogP contribution < -0.4 is 0 Å². The molecule has 0 saturated heterocycles. The highest BCUT2D eigenvalue weighted by molar-refractivity contribution is 6.32. The summed E-state index contributed by atoms with van der Waals surface area (Å²) in [4.78, 5) is 17.7. The van der Waals surface area contributed by atoms with Gasteiger partial charge in [0, 0.05) is 6.20 Å². The number of rotatable bonds is 1. The van der Waals surface area contributed by atoms with Crippen molar-refractivity contribution < 1.29 is 9.90 Å². The molecule has 0 bridgehead atoms. The summed E-state index contributed by atoms with van der Waals surface area (Å²) in [6.45, 7) is 1.64. The molecule has 0 spiro atoms. The Kier molecular flexibility index (Phi) is 3.92. The van der Waals surface area contributed by atoms with E-state index >= 15 is 0 Å². The van der Waals surface area contributed by atoms with Crippen LogP contribution in [0.15, 0.2) is 6.20 Å². The molecule has 0 radical (unpaired) electrons. The Bertz CT molecular complexity index is 304. The number of aryl methyl sites for hydroxylation is 1. The first-order valence-corrected chi connectivity index (χ1v) is 3.21. The standard InChI is InChI=1S/C6H5ClN2O2.ClH/c1-3-8-2-4(6(10)11)5(7)9-3;/h2H,1H3,(H,10,11);1H. The van der Waals surface area contributed by atoms with Crippen LogP contribution in [0.1, 0.15) is 16.2 Å². The van der Waals surface area contributed by atoms with Gasteiger partial charge in [0.25, 0.3) is 0 Å². The highest BCUT2D eigenvalue weighted by Crippen LogP contribution is 2.10. The average molecular weight is 209 g/mol. The third-order valence-electron chi connectivity index (χ3n) is 1.09. The van der Waals surface area contributed by atoms with Gasteiger partial charge < -0.3 is 5.11 Å². The topological polar surface area (TPSA) is 63.1 Å². The van der Waals surface area contributed by atoms with E-state index in [1.54, 1.807) is 6.92 Å². The molecule has 12 heavy (non-hydrogen) atoms. The lowest BCUT2D eigenvalue weighted by Crippen LogP contribution is -2.01. The van der Waals surface area contributed by atoms with Gasteiger partial charge in [0.1, 0.15) is 16.5 Å². The second kappa shape index (κ2) is 4.23. The maximum absolute atomic E-state index is 10.4. The molecule has 0 aliphatic carbocycles. The molecule has 6 heteroatoms. The smallest absolute Gasteiger partial charge is 0.340 e. The molecule has 1 heterocycles. The fourth-order valence-electron chi connectivity index (χ4n) is 0.586. The summed E-state index contributed by atoms with van der Waals surface area (Å²) < 4.78 is 0. The maximum atomic E-state index is 10.4. The highest BCUT2D eigenvalue weighted by Gasteiger charge is 2.09. The van der Waals surface area contributed by atoms with E-state index in [2.05, 4.69) is 9.97 Å². The first-order valence-electron chi connectivity index (χ1n) is 2.83. The molecule has 0 saturated carbocycles. The fourth-order valence-corrected chi connectivity index (χ4v) is 0.838. The Labute approximate surface area is 80.0 Å². The number of aromatic carboxylic acids is 1. The molecule has 1 N–H and O–H groups in total. The van der Waals surface area contributed by atoms with Crippen LogP contribution >= 0.6 is 24.0 Å². The van der Waals surface area contributed by atoms with Gasteiger partial charge in [-0.05, 0) is 6.92 Å². The number of halogens is 2. The molecule has 1 aromatic heterocycles. The van der Waals surface area contributed by atoms with Crippen molar-refractivity contribution in [3.8, 4) is 0 Å². The number of aromatic nitrogens is 2. The van der Waals surface area contributed by atoms with Gasteiger partial charge in [-0.25, -0.2) is 14.8 Å². The van der Waals surface area contributed by atoms with Crippen molar-refractivity contribution >= 4 is 30.0 Å². The minimum absolute atomic E-state index is 0. The lowest BCUT2D eigenvalue weighted by Gasteiger charge is -1.96. The molecule has 1 rings (SSSR count). The largest absolute Gasteiger partial charge is 0.478 e. The molecule has 4 nitrogen and oxygen atoms in total. The molecular weight excluding hydrogens is 203 g/mol. The van der Waals surface area contributed by atoms with Crippen LogP contribution in [-0.2, 0) is 0 Å². The van der Waals surface area contributed by atoms with Gasteiger partial charge in [0.2, 0.25) is 0 Å². The van der Waals surface area contributed by atoms with Crippen LogP contribution in [0.4, 0.5) is 0 Å². The summed E-state index contributed by atoms with van der Waals surface area (Å²) in [5.74, 6) is -0.657. The summed E-state index contributed by atoms with van der Waals surface area (Å²) >= 11 is 5.49. The van der Waals surface area contributed by atoms with Crippen molar-refractivity contribution in [3.63, 3.8) is 0 Å². The second-order valence-corrected chi connectivity index (χ2v) is 2.28. The summed E-state index contributed by atoms with van der Waals surface area (Å²) in [5, 5.41) is 8.47. The van der Waals surface area contributed by atoms with E-state index in [0.717, 1.165) is 0 Å². The van der Waals surface area contributed by atoms with Crippen molar-refractivity contribution in [2.24, 2.45) is 0 Å². The van der Waals surface area contributed by atoms with Gasteiger partial charge in [-0.15, -0.1) is 12.4 Å². The summed E-state index contributed by atoms with van der Waals surface area (Å²) in [7, 11) is 0. The average Bonchev–Trinajstić information content (AvgIpc) is 1.85. The van der Waals surface area contributed by atoms with Crippen molar-refractivity contribution in [3.05, 3.63) is 22.7 Å². The van der Waals surface area contributed by atoms with Gasteiger partial charge in [-0.2, -0.15) is 0 Å². The van der Waals surface area contributed by atoms with E-state index in [9.17, 15) is 4.79 Å². The third-order valence-corrected chi connectivity index (χ3v) is 1.38. The third kappa shape index (κ3) is 2.32. The van der Waals surface area contributed by atoms with Gasteiger partial charge >= 0.3 is 5.97 Å². The van der Waals surface area contributed by atoms with E-state index in [1.807, 2.05) is 0 Å². The number of hydrogen-bond acceptors (Lipinski definition) is 3. The SMILES string of the molecule is Cc1ncc(C(=O)O)c(Cl)n1.Cl. The molecule has 66 valence electrons. The Balaban J connectivity index is 0.00000121. The normalized spacial score (nSPS) is 8.83. The number of hydrogen-bond donors (Lipinski definition) is 1. The van der Waals surface area contributed by atoms with Crippen molar-refractivity contribution in [2.45, 2.75) is 6.92 Å². The Morgan fingerprint density at radius 1 is 1.67 bits per heavy atom. The molecule has 0 unspecified atom stereocenters. The quantitative estimate of drug-likeness (QED) is 0.712. The maximum Gasteiger partial charge on any atom is 0.340 e. The zero-order valence-corrected chi connectivity index (χ0v) is 7.69. The Hall–Kier alpha value is -0.870. The molecule has 0 aromatic carbocycles. The summed E-state index contributed by atoms with van der Waals surface area (Å²) in [6.07, 6.45) is 1.19. The Morgan fingerprint density at radius 2 is 2.25 bits per heavy atom.